The van der Waals surface area contributed by atoms with Gasteiger partial charge in [-0.1, -0.05) is 6.07 Å². The molecule has 1 heterocycles. The molecule has 20 heavy (non-hydrogen) atoms. The van der Waals surface area contributed by atoms with E-state index in [1.165, 1.54) is 17.0 Å². The number of rotatable bonds is 3. The number of carbonyl (C=O) groups excluding carboxylic acids is 1. The van der Waals surface area contributed by atoms with Crippen LogP contribution in [0.1, 0.15) is 11.3 Å². The number of nitrogens with zero attached hydrogens (tertiary/aromatic N) is 2. The Labute approximate surface area is 116 Å². The van der Waals surface area contributed by atoms with Gasteiger partial charge < -0.3 is 11.1 Å². The Morgan fingerprint density at radius 1 is 1.35 bits per heavy atom. The molecule has 0 spiro atoms. The summed E-state index contributed by atoms with van der Waals surface area (Å²) in [4.78, 5) is 27.6. The summed E-state index contributed by atoms with van der Waals surface area (Å²) < 4.78 is 1.25. The maximum absolute atomic E-state index is 11.9. The van der Waals surface area contributed by atoms with Gasteiger partial charge in [0.1, 0.15) is 6.54 Å². The molecule has 3 N–H and O–H groups in total. The van der Waals surface area contributed by atoms with Crippen LogP contribution in [0.2, 0.25) is 0 Å². The van der Waals surface area contributed by atoms with Gasteiger partial charge in [-0.15, -0.1) is 0 Å². The second-order valence-electron chi connectivity index (χ2n) is 4.62. The Morgan fingerprint density at radius 3 is 2.80 bits per heavy atom. The molecule has 0 unspecified atom stereocenters. The summed E-state index contributed by atoms with van der Waals surface area (Å²) in [6.45, 7) is 3.51. The SMILES string of the molecule is Cc1cc(=O)n(CC(=O)Nc2cc(N)ccc2C)cn1. The van der Waals surface area contributed by atoms with Gasteiger partial charge in [0, 0.05) is 23.1 Å². The number of amides is 1. The van der Waals surface area contributed by atoms with Gasteiger partial charge >= 0.3 is 0 Å². The van der Waals surface area contributed by atoms with Gasteiger partial charge in [0.25, 0.3) is 5.56 Å². The quantitative estimate of drug-likeness (QED) is 0.818. The lowest BCUT2D eigenvalue weighted by atomic mass is 10.2. The Kier molecular flexibility index (Phi) is 3.84. The molecular weight excluding hydrogens is 256 g/mol. The minimum atomic E-state index is -0.300. The average molecular weight is 272 g/mol. The molecule has 1 amide bonds. The van der Waals surface area contributed by atoms with Crippen LogP contribution in [-0.4, -0.2) is 15.5 Å². The number of aryl methyl sites for hydroxylation is 2. The van der Waals surface area contributed by atoms with Crippen LogP contribution in [0.25, 0.3) is 0 Å². The van der Waals surface area contributed by atoms with Gasteiger partial charge in [0.05, 0.1) is 6.33 Å². The predicted molar refractivity (Wildman–Crippen MR) is 77.5 cm³/mol. The minimum absolute atomic E-state index is 0.0830. The first-order valence-corrected chi connectivity index (χ1v) is 6.15. The van der Waals surface area contributed by atoms with E-state index in [4.69, 9.17) is 5.73 Å². The molecule has 0 atom stereocenters. The zero-order valence-electron chi connectivity index (χ0n) is 11.4. The molecule has 0 saturated heterocycles. The molecule has 2 aromatic rings. The number of nitrogens with two attached hydrogens (primary N) is 1. The summed E-state index contributed by atoms with van der Waals surface area (Å²) in [5, 5.41) is 2.73. The van der Waals surface area contributed by atoms with Crippen LogP contribution in [0.3, 0.4) is 0 Å². The molecule has 1 aromatic heterocycles. The van der Waals surface area contributed by atoms with Crippen molar-refractivity contribution in [2.24, 2.45) is 0 Å². The topological polar surface area (TPSA) is 90.0 Å². The molecule has 0 bridgehead atoms. The van der Waals surface area contributed by atoms with Crippen molar-refractivity contribution in [1.82, 2.24) is 9.55 Å². The second kappa shape index (κ2) is 5.56. The van der Waals surface area contributed by atoms with Gasteiger partial charge in [0.15, 0.2) is 0 Å². The van der Waals surface area contributed by atoms with E-state index in [2.05, 4.69) is 10.3 Å². The molecule has 0 radical (unpaired) electrons. The number of benzene rings is 1. The van der Waals surface area contributed by atoms with E-state index in [1.54, 1.807) is 19.1 Å². The third kappa shape index (κ3) is 3.23. The van der Waals surface area contributed by atoms with E-state index in [1.807, 2.05) is 13.0 Å². The minimum Gasteiger partial charge on any atom is -0.399 e. The number of nitrogen functional groups attached to an aromatic ring is 1. The van der Waals surface area contributed by atoms with E-state index in [0.717, 1.165) is 5.56 Å². The standard InChI is InChI=1S/C14H16N4O2/c1-9-3-4-11(15)6-12(9)17-13(19)7-18-8-16-10(2)5-14(18)20/h3-6,8H,7,15H2,1-2H3,(H,17,19). The predicted octanol–water partition coefficient (Wildman–Crippen LogP) is 1.08. The van der Waals surface area contributed by atoms with Gasteiger partial charge in [0.2, 0.25) is 5.91 Å². The molecule has 0 saturated carbocycles. The van der Waals surface area contributed by atoms with Crippen LogP contribution in [0.5, 0.6) is 0 Å². The van der Waals surface area contributed by atoms with Gasteiger partial charge in [-0.2, -0.15) is 0 Å². The lowest BCUT2D eigenvalue weighted by molar-refractivity contribution is -0.116. The largest absolute Gasteiger partial charge is 0.399 e. The molecular formula is C14H16N4O2. The van der Waals surface area contributed by atoms with Crippen LogP contribution >= 0.6 is 0 Å². The summed E-state index contributed by atoms with van der Waals surface area (Å²) in [7, 11) is 0. The smallest absolute Gasteiger partial charge is 0.253 e. The molecule has 2 rings (SSSR count). The number of anilines is 2. The van der Waals surface area contributed by atoms with Crippen LogP contribution in [0.15, 0.2) is 35.4 Å². The van der Waals surface area contributed by atoms with E-state index < -0.39 is 0 Å². The van der Waals surface area contributed by atoms with Gasteiger partial charge in [-0.3, -0.25) is 14.2 Å². The number of carbonyl (C=O) groups is 1. The fraction of sp³-hybridized carbons (Fsp3) is 0.214. The highest BCUT2D eigenvalue weighted by Crippen LogP contribution is 2.17. The van der Waals surface area contributed by atoms with Crippen molar-refractivity contribution < 1.29 is 4.79 Å². The highest BCUT2D eigenvalue weighted by molar-refractivity contribution is 5.91. The number of hydrogen-bond donors (Lipinski definition) is 2. The van der Waals surface area contributed by atoms with E-state index in [-0.39, 0.29) is 18.0 Å². The fourth-order valence-corrected chi connectivity index (χ4v) is 1.75. The molecule has 0 aliphatic heterocycles. The Hall–Kier alpha value is -2.63. The number of nitrogens with one attached hydrogen (secondary N) is 1. The lowest BCUT2D eigenvalue weighted by Crippen LogP contribution is -2.27. The zero-order chi connectivity index (χ0) is 14.7. The molecule has 0 fully saturated rings. The monoisotopic (exact) mass is 272 g/mol. The lowest BCUT2D eigenvalue weighted by Gasteiger charge is -2.10. The molecule has 0 aliphatic rings. The van der Waals surface area contributed by atoms with Crippen molar-refractivity contribution in [3.63, 3.8) is 0 Å². The van der Waals surface area contributed by atoms with Crippen molar-refractivity contribution in [2.75, 3.05) is 11.1 Å². The first kappa shape index (κ1) is 13.8. The summed E-state index contributed by atoms with van der Waals surface area (Å²) in [6.07, 6.45) is 1.36. The van der Waals surface area contributed by atoms with E-state index >= 15 is 0 Å². The molecule has 0 aliphatic carbocycles. The van der Waals surface area contributed by atoms with Crippen molar-refractivity contribution in [3.8, 4) is 0 Å². The Bertz CT molecular complexity index is 707. The summed E-state index contributed by atoms with van der Waals surface area (Å²) in [6, 6.07) is 6.66. The first-order valence-electron chi connectivity index (χ1n) is 6.15. The molecule has 6 heteroatoms. The molecule has 1 aromatic carbocycles. The fourth-order valence-electron chi connectivity index (χ4n) is 1.75. The Balaban J connectivity index is 2.13. The summed E-state index contributed by atoms with van der Waals surface area (Å²) in [5.74, 6) is -0.300. The molecule has 6 nitrogen and oxygen atoms in total. The maximum Gasteiger partial charge on any atom is 0.253 e. The van der Waals surface area contributed by atoms with E-state index in [0.29, 0.717) is 17.1 Å². The van der Waals surface area contributed by atoms with Crippen LogP contribution in [0.4, 0.5) is 11.4 Å². The third-order valence-electron chi connectivity index (χ3n) is 2.87. The van der Waals surface area contributed by atoms with Crippen molar-refractivity contribution in [1.29, 1.82) is 0 Å². The normalized spacial score (nSPS) is 10.3. The maximum atomic E-state index is 11.9. The van der Waals surface area contributed by atoms with E-state index in [9.17, 15) is 9.59 Å². The van der Waals surface area contributed by atoms with Crippen LogP contribution in [-0.2, 0) is 11.3 Å². The highest BCUT2D eigenvalue weighted by atomic mass is 16.2. The van der Waals surface area contributed by atoms with Crippen molar-refractivity contribution in [3.05, 3.63) is 52.2 Å². The number of hydrogen-bond acceptors (Lipinski definition) is 4. The Morgan fingerprint density at radius 2 is 2.10 bits per heavy atom. The number of aromatic nitrogens is 2. The zero-order valence-corrected chi connectivity index (χ0v) is 11.4. The first-order chi connectivity index (χ1) is 9.45. The van der Waals surface area contributed by atoms with Crippen LogP contribution < -0.4 is 16.6 Å². The summed E-state index contributed by atoms with van der Waals surface area (Å²) >= 11 is 0. The third-order valence-corrected chi connectivity index (χ3v) is 2.87. The second-order valence-corrected chi connectivity index (χ2v) is 4.62. The van der Waals surface area contributed by atoms with Gasteiger partial charge in [-0.05, 0) is 31.5 Å². The van der Waals surface area contributed by atoms with Crippen molar-refractivity contribution >= 4 is 17.3 Å². The van der Waals surface area contributed by atoms with Crippen molar-refractivity contribution in [2.45, 2.75) is 20.4 Å². The molecule has 104 valence electrons. The average Bonchev–Trinajstić information content (AvgIpc) is 2.37. The summed E-state index contributed by atoms with van der Waals surface area (Å²) in [5.41, 5.74) is 8.17. The van der Waals surface area contributed by atoms with Gasteiger partial charge in [-0.25, -0.2) is 4.98 Å². The van der Waals surface area contributed by atoms with Crippen LogP contribution in [0, 0.1) is 13.8 Å². The highest BCUT2D eigenvalue weighted by Gasteiger charge is 2.07.